The highest BCUT2D eigenvalue weighted by Crippen LogP contribution is 2.09. The molecule has 17 nitrogen and oxygen atoms in total. The lowest BCUT2D eigenvalue weighted by Gasteiger charge is -2.27. The Hall–Kier alpha value is -4.61. The molecule has 0 aliphatic rings. The standard InChI is InChI=1S/C35H58N8O9/c1-19(2)12-23(16-38-25(31(37)48)13-20(3)4)40-28(45)17-39-35(52)30(21(5)6)43-33(50)26(14-22-10-8-7-9-11-22)41-34(51)27(18-44)42-32(49)24(36)15-29(46)47/h7-11,19-21,23-27,30,38,44H,12-18,36H2,1-6H3,(H2,37,48)(H,39,52)(H,40,45)(H,41,51)(H,42,49)(H,43,50)(H,46,47)/t23-,24-,25-,26-,27-,30-/m0/s1. The number of primary amides is 1. The van der Waals surface area contributed by atoms with Gasteiger partial charge in [-0.2, -0.15) is 0 Å². The van der Waals surface area contributed by atoms with Crippen molar-refractivity contribution in [3.8, 4) is 0 Å². The predicted octanol–water partition coefficient (Wildman–Crippen LogP) is -1.73. The largest absolute Gasteiger partial charge is 0.481 e. The molecule has 0 aromatic heterocycles. The van der Waals surface area contributed by atoms with E-state index in [4.69, 9.17) is 16.6 Å². The number of carboxylic acid groups (broad SMARTS) is 1. The Labute approximate surface area is 305 Å². The summed E-state index contributed by atoms with van der Waals surface area (Å²) in [4.78, 5) is 88.2. The van der Waals surface area contributed by atoms with Crippen molar-refractivity contribution >= 4 is 41.4 Å². The van der Waals surface area contributed by atoms with Crippen LogP contribution in [0.3, 0.4) is 0 Å². The van der Waals surface area contributed by atoms with Crippen LogP contribution in [0.15, 0.2) is 30.3 Å². The maximum atomic E-state index is 13.6. The van der Waals surface area contributed by atoms with E-state index in [9.17, 15) is 38.7 Å². The molecule has 6 amide bonds. The molecule has 0 unspecified atom stereocenters. The zero-order valence-electron chi connectivity index (χ0n) is 30.9. The molecule has 0 spiro atoms. The van der Waals surface area contributed by atoms with Gasteiger partial charge >= 0.3 is 5.97 Å². The molecule has 6 atom stereocenters. The predicted molar refractivity (Wildman–Crippen MR) is 193 cm³/mol. The summed E-state index contributed by atoms with van der Waals surface area (Å²) in [6.45, 7) is 10.3. The molecule has 292 valence electrons. The minimum atomic E-state index is -1.56. The molecule has 0 aliphatic carbocycles. The summed E-state index contributed by atoms with van der Waals surface area (Å²) >= 11 is 0. The van der Waals surface area contributed by atoms with Crippen LogP contribution in [-0.2, 0) is 40.0 Å². The van der Waals surface area contributed by atoms with Gasteiger partial charge in [0.1, 0.15) is 18.1 Å². The van der Waals surface area contributed by atoms with Gasteiger partial charge in [-0.3, -0.25) is 33.6 Å². The highest BCUT2D eigenvalue weighted by molar-refractivity contribution is 5.96. The second-order valence-electron chi connectivity index (χ2n) is 14.0. The van der Waals surface area contributed by atoms with Gasteiger partial charge in [0, 0.05) is 19.0 Å². The highest BCUT2D eigenvalue weighted by Gasteiger charge is 2.32. The van der Waals surface area contributed by atoms with Gasteiger partial charge in [-0.25, -0.2) is 0 Å². The number of nitrogens with two attached hydrogens (primary N) is 2. The second-order valence-corrected chi connectivity index (χ2v) is 14.0. The average Bonchev–Trinajstić information content (AvgIpc) is 3.05. The summed E-state index contributed by atoms with van der Waals surface area (Å²) in [5.74, 6) is -5.68. The van der Waals surface area contributed by atoms with Crippen LogP contribution in [0.1, 0.15) is 66.4 Å². The molecule has 0 saturated heterocycles. The average molecular weight is 735 g/mol. The Morgan fingerprint density at radius 1 is 0.731 bits per heavy atom. The van der Waals surface area contributed by atoms with Crippen LogP contribution in [0.4, 0.5) is 0 Å². The van der Waals surface area contributed by atoms with Gasteiger partial charge in [0.05, 0.1) is 31.7 Å². The second kappa shape index (κ2) is 23.1. The van der Waals surface area contributed by atoms with E-state index in [0.29, 0.717) is 18.4 Å². The van der Waals surface area contributed by atoms with Crippen LogP contribution in [0.25, 0.3) is 0 Å². The first-order valence-corrected chi connectivity index (χ1v) is 17.5. The van der Waals surface area contributed by atoms with Crippen LogP contribution >= 0.6 is 0 Å². The molecular weight excluding hydrogens is 676 g/mol. The number of aliphatic carboxylic acids is 1. The van der Waals surface area contributed by atoms with Crippen molar-refractivity contribution in [2.24, 2.45) is 29.2 Å². The van der Waals surface area contributed by atoms with Crippen molar-refractivity contribution in [3.05, 3.63) is 35.9 Å². The van der Waals surface area contributed by atoms with Crippen LogP contribution in [0.5, 0.6) is 0 Å². The fourth-order valence-corrected chi connectivity index (χ4v) is 5.25. The Kier molecular flexibility index (Phi) is 20.1. The first-order chi connectivity index (χ1) is 24.3. The van der Waals surface area contributed by atoms with E-state index in [-0.39, 0.29) is 30.8 Å². The molecule has 12 N–H and O–H groups in total. The Balaban J connectivity index is 3.03. The van der Waals surface area contributed by atoms with Gasteiger partial charge in [0.25, 0.3) is 0 Å². The SMILES string of the molecule is CC(C)C[C@@H](CN[C@@H](CC(C)C)C(N)=O)NC(=O)CNC(=O)[C@@H](NC(=O)[C@H](Cc1ccccc1)NC(=O)[C@H](CO)NC(=O)[C@@H](N)CC(=O)O)C(C)C. The van der Waals surface area contributed by atoms with Crippen molar-refractivity contribution in [2.75, 3.05) is 19.7 Å². The number of nitrogens with one attached hydrogen (secondary N) is 6. The molecule has 52 heavy (non-hydrogen) atoms. The normalized spacial score (nSPS) is 14.8. The smallest absolute Gasteiger partial charge is 0.305 e. The number of hydrogen-bond acceptors (Lipinski definition) is 10. The number of aliphatic hydroxyl groups is 1. The number of hydrogen-bond donors (Lipinski definition) is 10. The lowest BCUT2D eigenvalue weighted by molar-refractivity contribution is -0.140. The van der Waals surface area contributed by atoms with E-state index in [1.54, 1.807) is 44.2 Å². The minimum Gasteiger partial charge on any atom is -0.481 e. The molecule has 0 radical (unpaired) electrons. The molecule has 0 fully saturated rings. The lowest BCUT2D eigenvalue weighted by Crippen LogP contribution is -2.60. The fourth-order valence-electron chi connectivity index (χ4n) is 5.25. The Bertz CT molecular complexity index is 1340. The summed E-state index contributed by atoms with van der Waals surface area (Å²) in [5, 5.41) is 34.6. The lowest BCUT2D eigenvalue weighted by atomic mass is 10.0. The zero-order chi connectivity index (χ0) is 39.5. The van der Waals surface area contributed by atoms with Crippen LogP contribution in [0.2, 0.25) is 0 Å². The molecule has 0 bridgehead atoms. The maximum absolute atomic E-state index is 13.6. The van der Waals surface area contributed by atoms with E-state index in [1.807, 2.05) is 27.7 Å². The van der Waals surface area contributed by atoms with Crippen molar-refractivity contribution in [2.45, 2.75) is 103 Å². The first-order valence-electron chi connectivity index (χ1n) is 17.5. The summed E-state index contributed by atoms with van der Waals surface area (Å²) < 4.78 is 0. The Morgan fingerprint density at radius 2 is 1.31 bits per heavy atom. The quantitative estimate of drug-likeness (QED) is 0.0570. The molecular formula is C35H58N8O9. The number of aliphatic hydroxyl groups excluding tert-OH is 1. The van der Waals surface area contributed by atoms with Crippen LogP contribution in [0, 0.1) is 17.8 Å². The third-order valence-corrected chi connectivity index (χ3v) is 7.91. The fraction of sp³-hybridized carbons (Fsp3) is 0.629. The topological polar surface area (TPSA) is 284 Å². The summed E-state index contributed by atoms with van der Waals surface area (Å²) in [5.41, 5.74) is 11.8. The maximum Gasteiger partial charge on any atom is 0.305 e. The number of benzene rings is 1. The number of amides is 6. The first kappa shape index (κ1) is 45.4. The third-order valence-electron chi connectivity index (χ3n) is 7.91. The van der Waals surface area contributed by atoms with Gasteiger partial charge in [-0.05, 0) is 36.2 Å². The Morgan fingerprint density at radius 3 is 1.83 bits per heavy atom. The summed E-state index contributed by atoms with van der Waals surface area (Å²) in [6, 6.07) is 2.27. The van der Waals surface area contributed by atoms with Crippen LogP contribution < -0.4 is 43.4 Å². The van der Waals surface area contributed by atoms with Crippen molar-refractivity contribution < 1.29 is 43.8 Å². The van der Waals surface area contributed by atoms with Crippen molar-refractivity contribution in [3.63, 3.8) is 0 Å². The van der Waals surface area contributed by atoms with Crippen LogP contribution in [-0.4, -0.2) is 108 Å². The van der Waals surface area contributed by atoms with Gasteiger partial charge in [0.15, 0.2) is 0 Å². The van der Waals surface area contributed by atoms with E-state index >= 15 is 0 Å². The molecule has 0 saturated carbocycles. The molecule has 0 heterocycles. The van der Waals surface area contributed by atoms with Crippen molar-refractivity contribution in [1.82, 2.24) is 31.9 Å². The molecule has 0 aliphatic heterocycles. The number of rotatable bonds is 24. The van der Waals surface area contributed by atoms with Gasteiger partial charge in [-0.1, -0.05) is 71.9 Å². The van der Waals surface area contributed by atoms with E-state index < -0.39 is 97.1 Å². The third kappa shape index (κ3) is 17.5. The van der Waals surface area contributed by atoms with Gasteiger partial charge in [0.2, 0.25) is 35.4 Å². The highest BCUT2D eigenvalue weighted by atomic mass is 16.4. The van der Waals surface area contributed by atoms with Gasteiger partial charge < -0.3 is 53.6 Å². The van der Waals surface area contributed by atoms with E-state index in [2.05, 4.69) is 31.9 Å². The van der Waals surface area contributed by atoms with E-state index in [1.165, 1.54) is 0 Å². The molecule has 1 rings (SSSR count). The molecule has 1 aromatic carbocycles. The summed E-state index contributed by atoms with van der Waals surface area (Å²) in [6.07, 6.45) is 0.385. The number of carbonyl (C=O) groups excluding carboxylic acids is 6. The zero-order valence-corrected chi connectivity index (χ0v) is 30.9. The molecule has 17 heteroatoms. The molecule has 1 aromatic rings. The number of carboxylic acids is 1. The monoisotopic (exact) mass is 734 g/mol. The number of carbonyl (C=O) groups is 7. The van der Waals surface area contributed by atoms with E-state index in [0.717, 1.165) is 0 Å². The van der Waals surface area contributed by atoms with Gasteiger partial charge in [-0.15, -0.1) is 0 Å². The summed E-state index contributed by atoms with van der Waals surface area (Å²) in [7, 11) is 0. The minimum absolute atomic E-state index is 0.0308. The van der Waals surface area contributed by atoms with Crippen molar-refractivity contribution in [1.29, 1.82) is 0 Å².